The summed E-state index contributed by atoms with van der Waals surface area (Å²) in [7, 11) is 0. The second-order valence-electron chi connectivity index (χ2n) is 8.60. The van der Waals surface area contributed by atoms with Crippen LogP contribution in [0.3, 0.4) is 0 Å². The van der Waals surface area contributed by atoms with Gasteiger partial charge in [0.1, 0.15) is 17.5 Å². The van der Waals surface area contributed by atoms with Gasteiger partial charge in [0, 0.05) is 28.8 Å². The van der Waals surface area contributed by atoms with E-state index in [0.29, 0.717) is 40.1 Å². The number of rotatable bonds is 2. The van der Waals surface area contributed by atoms with Crippen molar-refractivity contribution >= 4 is 5.91 Å². The lowest BCUT2D eigenvalue weighted by molar-refractivity contribution is -0.0867. The first-order chi connectivity index (χ1) is 14.2. The standard InChI is InChI=1S/C24H21NO5/c1-12-18(21(27)20(12)26)13-8-9-17-16(10-13)19(22(28)24(2,3)30-17)25-11-14-6-4-5-7-15(14)23(25)29/h4-10,19,22,28H,11H2,1-3H3/t19-,22+/m1/s1. The first-order valence-electron chi connectivity index (χ1n) is 9.91. The van der Waals surface area contributed by atoms with Crippen molar-refractivity contribution in [1.29, 1.82) is 0 Å². The Morgan fingerprint density at radius 3 is 2.50 bits per heavy atom. The first-order valence-corrected chi connectivity index (χ1v) is 9.91. The molecule has 3 aromatic carbocycles. The number of fused-ring (bicyclic) bond motifs is 2. The molecule has 0 saturated heterocycles. The van der Waals surface area contributed by atoms with Crippen molar-refractivity contribution in [3.8, 4) is 16.9 Å². The summed E-state index contributed by atoms with van der Waals surface area (Å²) in [4.78, 5) is 38.6. The maximum atomic E-state index is 13.2. The zero-order valence-electron chi connectivity index (χ0n) is 16.9. The minimum absolute atomic E-state index is 0.144. The third kappa shape index (κ3) is 2.43. The molecule has 0 aliphatic carbocycles. The van der Waals surface area contributed by atoms with E-state index in [9.17, 15) is 19.5 Å². The summed E-state index contributed by atoms with van der Waals surface area (Å²) in [6.07, 6.45) is -0.979. The molecule has 2 aliphatic rings. The average Bonchev–Trinajstić information content (AvgIpc) is 3.05. The van der Waals surface area contributed by atoms with Crippen LogP contribution in [-0.2, 0) is 6.54 Å². The van der Waals surface area contributed by atoms with Gasteiger partial charge in [-0.05, 0) is 50.1 Å². The monoisotopic (exact) mass is 403 g/mol. The van der Waals surface area contributed by atoms with E-state index in [1.807, 2.05) is 18.2 Å². The van der Waals surface area contributed by atoms with Crippen molar-refractivity contribution in [1.82, 2.24) is 4.90 Å². The zero-order valence-corrected chi connectivity index (χ0v) is 16.9. The van der Waals surface area contributed by atoms with Crippen molar-refractivity contribution < 1.29 is 14.6 Å². The number of carbonyl (C=O) groups is 1. The lowest BCUT2D eigenvalue weighted by atomic mass is 9.83. The topological polar surface area (TPSA) is 83.9 Å². The van der Waals surface area contributed by atoms with Gasteiger partial charge in [0.15, 0.2) is 0 Å². The van der Waals surface area contributed by atoms with Crippen molar-refractivity contribution in [2.75, 3.05) is 0 Å². The van der Waals surface area contributed by atoms with Gasteiger partial charge in [0.25, 0.3) is 5.91 Å². The van der Waals surface area contributed by atoms with Crippen LogP contribution in [0.5, 0.6) is 5.75 Å². The van der Waals surface area contributed by atoms with Gasteiger partial charge in [0.2, 0.25) is 10.9 Å². The molecular weight excluding hydrogens is 382 g/mol. The second-order valence-corrected chi connectivity index (χ2v) is 8.60. The molecule has 6 nitrogen and oxygen atoms in total. The highest BCUT2D eigenvalue weighted by molar-refractivity contribution is 5.98. The van der Waals surface area contributed by atoms with Crippen molar-refractivity contribution in [3.05, 3.63) is 85.2 Å². The summed E-state index contributed by atoms with van der Waals surface area (Å²) in [5, 5.41) is 11.2. The van der Waals surface area contributed by atoms with Crippen LogP contribution in [0.2, 0.25) is 0 Å². The highest BCUT2D eigenvalue weighted by Gasteiger charge is 2.48. The molecule has 0 saturated carbocycles. The van der Waals surface area contributed by atoms with E-state index in [1.54, 1.807) is 49.9 Å². The Morgan fingerprint density at radius 2 is 1.80 bits per heavy atom. The summed E-state index contributed by atoms with van der Waals surface area (Å²) in [6.45, 7) is 5.59. The van der Waals surface area contributed by atoms with Gasteiger partial charge in [0.05, 0.1) is 6.04 Å². The van der Waals surface area contributed by atoms with Crippen LogP contribution in [-0.4, -0.2) is 27.6 Å². The predicted octanol–water partition coefficient (Wildman–Crippen LogP) is 2.49. The molecule has 30 heavy (non-hydrogen) atoms. The van der Waals surface area contributed by atoms with Crippen LogP contribution in [0.25, 0.3) is 11.1 Å². The molecule has 1 N–H and O–H groups in total. The van der Waals surface area contributed by atoms with Gasteiger partial charge in [-0.3, -0.25) is 14.4 Å². The van der Waals surface area contributed by atoms with Crippen LogP contribution < -0.4 is 15.6 Å². The van der Waals surface area contributed by atoms with Crippen LogP contribution in [0.1, 0.15) is 46.9 Å². The normalized spacial score (nSPS) is 22.0. The second kappa shape index (κ2) is 6.12. The quantitative estimate of drug-likeness (QED) is 0.665. The highest BCUT2D eigenvalue weighted by atomic mass is 16.5. The van der Waals surface area contributed by atoms with Crippen LogP contribution in [0.15, 0.2) is 52.1 Å². The molecule has 1 amide bonds. The van der Waals surface area contributed by atoms with Gasteiger partial charge >= 0.3 is 0 Å². The van der Waals surface area contributed by atoms with E-state index in [-0.39, 0.29) is 5.91 Å². The predicted molar refractivity (Wildman–Crippen MR) is 111 cm³/mol. The molecule has 0 radical (unpaired) electrons. The van der Waals surface area contributed by atoms with Gasteiger partial charge in [-0.15, -0.1) is 0 Å². The van der Waals surface area contributed by atoms with Crippen molar-refractivity contribution in [3.63, 3.8) is 0 Å². The van der Waals surface area contributed by atoms with Crippen molar-refractivity contribution in [2.24, 2.45) is 0 Å². The Bertz CT molecular complexity index is 1280. The number of ether oxygens (including phenoxy) is 1. The Labute approximate surface area is 173 Å². The smallest absolute Gasteiger partial charge is 0.255 e. The summed E-state index contributed by atoms with van der Waals surface area (Å²) >= 11 is 0. The van der Waals surface area contributed by atoms with Crippen LogP contribution in [0.4, 0.5) is 0 Å². The number of hydrogen-bond acceptors (Lipinski definition) is 5. The van der Waals surface area contributed by atoms with E-state index >= 15 is 0 Å². The number of nitrogens with zero attached hydrogens (tertiary/aromatic N) is 1. The summed E-state index contributed by atoms with van der Waals surface area (Å²) in [5.41, 5.74) is 1.70. The fourth-order valence-corrected chi connectivity index (χ4v) is 4.61. The number of carbonyl (C=O) groups excluding carboxylic acids is 1. The van der Waals surface area contributed by atoms with Gasteiger partial charge in [-0.25, -0.2) is 0 Å². The van der Waals surface area contributed by atoms with Crippen LogP contribution in [0, 0.1) is 6.92 Å². The van der Waals surface area contributed by atoms with Gasteiger partial charge in [-0.1, -0.05) is 24.3 Å². The van der Waals surface area contributed by atoms with E-state index in [2.05, 4.69) is 0 Å². The van der Waals surface area contributed by atoms with E-state index in [0.717, 1.165) is 5.56 Å². The third-order valence-electron chi connectivity index (χ3n) is 6.34. The molecule has 5 rings (SSSR count). The summed E-state index contributed by atoms with van der Waals surface area (Å²) in [5.74, 6) is 0.410. The molecule has 0 fully saturated rings. The average molecular weight is 403 g/mol. The molecule has 0 spiro atoms. The molecule has 2 atom stereocenters. The molecular formula is C24H21NO5. The van der Waals surface area contributed by atoms with Gasteiger partial charge in [-0.2, -0.15) is 0 Å². The molecule has 0 unspecified atom stereocenters. The lowest BCUT2D eigenvalue weighted by Crippen LogP contribution is -2.53. The molecule has 2 aliphatic heterocycles. The minimum Gasteiger partial charge on any atom is -0.485 e. The number of benzene rings is 2. The zero-order chi connectivity index (χ0) is 21.4. The molecule has 3 aromatic rings. The maximum Gasteiger partial charge on any atom is 0.255 e. The fraction of sp³-hybridized carbons (Fsp3) is 0.292. The van der Waals surface area contributed by atoms with E-state index in [4.69, 9.17) is 4.74 Å². The van der Waals surface area contributed by atoms with E-state index < -0.39 is 28.6 Å². The van der Waals surface area contributed by atoms with Crippen LogP contribution >= 0.6 is 0 Å². The Balaban J connectivity index is 1.65. The number of hydrogen-bond donors (Lipinski definition) is 1. The summed E-state index contributed by atoms with van der Waals surface area (Å²) < 4.78 is 6.04. The largest absolute Gasteiger partial charge is 0.485 e. The SMILES string of the molecule is Cc1c(-c2ccc3c(c2)[C@@H](N2Cc4ccccc4C2=O)[C@H](O)C(C)(C)O3)c(=O)c1=O. The highest BCUT2D eigenvalue weighted by Crippen LogP contribution is 2.46. The Morgan fingerprint density at radius 1 is 1.07 bits per heavy atom. The third-order valence-corrected chi connectivity index (χ3v) is 6.34. The fourth-order valence-electron chi connectivity index (χ4n) is 4.61. The molecule has 0 aromatic heterocycles. The maximum absolute atomic E-state index is 13.2. The number of aliphatic hydroxyl groups is 1. The minimum atomic E-state index is -0.979. The summed E-state index contributed by atoms with van der Waals surface area (Å²) in [6, 6.07) is 12.0. The number of amides is 1. The lowest BCUT2D eigenvalue weighted by Gasteiger charge is -2.45. The first kappa shape index (κ1) is 18.8. The molecule has 6 heteroatoms. The molecule has 2 heterocycles. The molecule has 0 bridgehead atoms. The Hall–Kier alpha value is -3.25. The van der Waals surface area contributed by atoms with E-state index in [1.165, 1.54) is 0 Å². The van der Waals surface area contributed by atoms with Crippen molar-refractivity contribution in [2.45, 2.75) is 45.1 Å². The molecule has 152 valence electrons. The number of aliphatic hydroxyl groups excluding tert-OH is 1. The van der Waals surface area contributed by atoms with Gasteiger partial charge < -0.3 is 14.7 Å². The Kier molecular flexibility index (Phi) is 3.83.